The van der Waals surface area contributed by atoms with Gasteiger partial charge in [0, 0.05) is 12.5 Å². The molecule has 0 fully saturated rings. The van der Waals surface area contributed by atoms with Crippen LogP contribution in [0.5, 0.6) is 0 Å². The van der Waals surface area contributed by atoms with Crippen molar-refractivity contribution >= 4 is 17.7 Å². The maximum atomic E-state index is 11.4. The highest BCUT2D eigenvalue weighted by Gasteiger charge is 2.27. The minimum Gasteiger partial charge on any atom is -0.466 e. The molecular weight excluding hydrogens is 212 g/mol. The zero-order valence-electron chi connectivity index (χ0n) is 9.32. The highest BCUT2D eigenvalue weighted by Crippen LogP contribution is 2.20. The Bertz CT molecular complexity index is 342. The normalized spacial score (nSPS) is 19.2. The summed E-state index contributed by atoms with van der Waals surface area (Å²) < 4.78 is 9.59. The number of hydrogen-bond acceptors (Lipinski definition) is 5. The molecular formula is C11H14O5. The Morgan fingerprint density at radius 2 is 2.19 bits per heavy atom. The van der Waals surface area contributed by atoms with Crippen LogP contribution in [0.4, 0.5) is 0 Å². The second-order valence-electron chi connectivity index (χ2n) is 3.45. The molecule has 0 saturated heterocycles. The van der Waals surface area contributed by atoms with Gasteiger partial charge in [-0.05, 0) is 13.0 Å². The highest BCUT2D eigenvalue weighted by molar-refractivity contribution is 6.02. The number of rotatable bonds is 4. The summed E-state index contributed by atoms with van der Waals surface area (Å²) >= 11 is 0. The predicted octanol–water partition coefficient (Wildman–Crippen LogP) is 0.770. The molecule has 1 atom stereocenters. The van der Waals surface area contributed by atoms with Gasteiger partial charge in [-0.15, -0.1) is 0 Å². The number of carbonyl (C=O) groups excluding carboxylic acids is 3. The maximum absolute atomic E-state index is 11.4. The monoisotopic (exact) mass is 226 g/mol. The molecule has 1 unspecified atom stereocenters. The van der Waals surface area contributed by atoms with Crippen molar-refractivity contribution < 1.29 is 23.9 Å². The topological polar surface area (TPSA) is 69.7 Å². The molecule has 16 heavy (non-hydrogen) atoms. The number of esters is 2. The van der Waals surface area contributed by atoms with Crippen LogP contribution in [0.15, 0.2) is 11.6 Å². The van der Waals surface area contributed by atoms with Crippen molar-refractivity contribution in [2.45, 2.75) is 32.8 Å². The first-order valence-electron chi connectivity index (χ1n) is 5.09. The van der Waals surface area contributed by atoms with E-state index in [2.05, 4.69) is 0 Å². The van der Waals surface area contributed by atoms with Crippen molar-refractivity contribution in [2.75, 3.05) is 6.61 Å². The Kier molecular flexibility index (Phi) is 4.22. The lowest BCUT2D eigenvalue weighted by Crippen LogP contribution is -2.12. The lowest BCUT2D eigenvalue weighted by Gasteiger charge is -2.05. The molecule has 0 bridgehead atoms. The van der Waals surface area contributed by atoms with Crippen molar-refractivity contribution in [1.29, 1.82) is 0 Å². The lowest BCUT2D eigenvalue weighted by atomic mass is 10.1. The van der Waals surface area contributed by atoms with Crippen LogP contribution in [0.2, 0.25) is 0 Å². The van der Waals surface area contributed by atoms with E-state index in [1.807, 2.05) is 0 Å². The molecule has 5 heteroatoms. The Morgan fingerprint density at radius 3 is 2.75 bits per heavy atom. The first kappa shape index (κ1) is 12.4. The third-order valence-corrected chi connectivity index (χ3v) is 2.09. The second kappa shape index (κ2) is 5.44. The van der Waals surface area contributed by atoms with Crippen molar-refractivity contribution in [2.24, 2.45) is 0 Å². The fourth-order valence-corrected chi connectivity index (χ4v) is 1.50. The van der Waals surface area contributed by atoms with Gasteiger partial charge in [0.05, 0.1) is 19.4 Å². The summed E-state index contributed by atoms with van der Waals surface area (Å²) in [7, 11) is 0. The van der Waals surface area contributed by atoms with Crippen LogP contribution in [0.25, 0.3) is 0 Å². The van der Waals surface area contributed by atoms with Gasteiger partial charge in [-0.2, -0.15) is 0 Å². The van der Waals surface area contributed by atoms with Gasteiger partial charge in [0.15, 0.2) is 5.78 Å². The Morgan fingerprint density at radius 1 is 1.50 bits per heavy atom. The summed E-state index contributed by atoms with van der Waals surface area (Å²) in [4.78, 5) is 33.3. The Labute approximate surface area is 93.4 Å². The standard InChI is InChI=1S/C11H14O5/c1-3-15-11(14)5-8-4-9(6-10(8)13)16-7(2)12/h4,9H,3,5-6H2,1-2H3. The average molecular weight is 226 g/mol. The van der Waals surface area contributed by atoms with Gasteiger partial charge in [-0.3, -0.25) is 14.4 Å². The minimum absolute atomic E-state index is 0.0512. The summed E-state index contributed by atoms with van der Waals surface area (Å²) in [5.41, 5.74) is 0.365. The third-order valence-electron chi connectivity index (χ3n) is 2.09. The summed E-state index contributed by atoms with van der Waals surface area (Å²) in [5.74, 6) is -1.05. The molecule has 0 amide bonds. The molecule has 88 valence electrons. The highest BCUT2D eigenvalue weighted by atomic mass is 16.5. The van der Waals surface area contributed by atoms with Gasteiger partial charge >= 0.3 is 11.9 Å². The molecule has 0 saturated carbocycles. The molecule has 0 aromatic carbocycles. The van der Waals surface area contributed by atoms with E-state index in [0.29, 0.717) is 5.57 Å². The number of hydrogen-bond donors (Lipinski definition) is 0. The summed E-state index contributed by atoms with van der Waals surface area (Å²) in [6.45, 7) is 3.26. The molecule has 0 N–H and O–H groups in total. The largest absolute Gasteiger partial charge is 0.466 e. The van der Waals surface area contributed by atoms with Gasteiger partial charge in [0.1, 0.15) is 6.10 Å². The zero-order chi connectivity index (χ0) is 12.1. The van der Waals surface area contributed by atoms with Crippen molar-refractivity contribution in [3.63, 3.8) is 0 Å². The molecule has 0 aromatic heterocycles. The first-order valence-corrected chi connectivity index (χ1v) is 5.09. The molecule has 1 aliphatic carbocycles. The quantitative estimate of drug-likeness (QED) is 0.662. The van der Waals surface area contributed by atoms with Crippen LogP contribution >= 0.6 is 0 Å². The lowest BCUT2D eigenvalue weighted by molar-refractivity contribution is -0.145. The van der Waals surface area contributed by atoms with E-state index in [1.54, 1.807) is 6.92 Å². The van der Waals surface area contributed by atoms with Crippen LogP contribution in [0, 0.1) is 0 Å². The van der Waals surface area contributed by atoms with Gasteiger partial charge in [0.2, 0.25) is 0 Å². The summed E-state index contributed by atoms with van der Waals surface area (Å²) in [5, 5.41) is 0. The van der Waals surface area contributed by atoms with Crippen molar-refractivity contribution in [3.8, 4) is 0 Å². The Hall–Kier alpha value is -1.65. The maximum Gasteiger partial charge on any atom is 0.310 e. The van der Waals surface area contributed by atoms with Gasteiger partial charge in [-0.1, -0.05) is 0 Å². The minimum atomic E-state index is -0.533. The average Bonchev–Trinajstić information content (AvgIpc) is 2.45. The van der Waals surface area contributed by atoms with Gasteiger partial charge in [-0.25, -0.2) is 0 Å². The van der Waals surface area contributed by atoms with Crippen LogP contribution in [0.1, 0.15) is 26.7 Å². The molecule has 0 aliphatic heterocycles. The van der Waals surface area contributed by atoms with E-state index in [-0.39, 0.29) is 25.2 Å². The summed E-state index contributed by atoms with van der Waals surface area (Å²) in [6.07, 6.45) is 1.05. The van der Waals surface area contributed by atoms with Gasteiger partial charge in [0.25, 0.3) is 0 Å². The molecule has 5 nitrogen and oxygen atoms in total. The predicted molar refractivity (Wildman–Crippen MR) is 54.5 cm³/mol. The molecule has 0 aromatic rings. The number of ketones is 1. The van der Waals surface area contributed by atoms with E-state index >= 15 is 0 Å². The molecule has 0 spiro atoms. The van der Waals surface area contributed by atoms with E-state index in [0.717, 1.165) is 0 Å². The zero-order valence-corrected chi connectivity index (χ0v) is 9.32. The van der Waals surface area contributed by atoms with E-state index in [4.69, 9.17) is 9.47 Å². The smallest absolute Gasteiger partial charge is 0.310 e. The summed E-state index contributed by atoms with van der Waals surface area (Å²) in [6, 6.07) is 0. The van der Waals surface area contributed by atoms with Crippen molar-refractivity contribution in [3.05, 3.63) is 11.6 Å². The number of Topliss-reactive ketones (excluding diaryl/α,β-unsaturated/α-hetero) is 1. The van der Waals surface area contributed by atoms with Crippen LogP contribution in [-0.2, 0) is 23.9 Å². The van der Waals surface area contributed by atoms with Gasteiger partial charge < -0.3 is 9.47 Å². The van der Waals surface area contributed by atoms with Crippen LogP contribution in [0.3, 0.4) is 0 Å². The molecule has 1 rings (SSSR count). The van der Waals surface area contributed by atoms with Crippen molar-refractivity contribution in [1.82, 2.24) is 0 Å². The van der Waals surface area contributed by atoms with E-state index < -0.39 is 18.0 Å². The van der Waals surface area contributed by atoms with E-state index in [9.17, 15) is 14.4 Å². The molecule has 1 aliphatic rings. The molecule has 0 radical (unpaired) electrons. The fourth-order valence-electron chi connectivity index (χ4n) is 1.50. The SMILES string of the molecule is CCOC(=O)CC1=CC(OC(C)=O)CC1=O. The molecule has 0 heterocycles. The number of carbonyl (C=O) groups is 3. The van der Waals surface area contributed by atoms with E-state index in [1.165, 1.54) is 13.0 Å². The van der Waals surface area contributed by atoms with Crippen LogP contribution < -0.4 is 0 Å². The number of ether oxygens (including phenoxy) is 2. The van der Waals surface area contributed by atoms with Crippen LogP contribution in [-0.4, -0.2) is 30.4 Å². The first-order chi connectivity index (χ1) is 7.52. The fraction of sp³-hybridized carbons (Fsp3) is 0.545. The third kappa shape index (κ3) is 3.49. The second-order valence-corrected chi connectivity index (χ2v) is 3.45. The Balaban J connectivity index is 2.55.